The Balaban J connectivity index is 1.85. The summed E-state index contributed by atoms with van der Waals surface area (Å²) in [4.78, 5) is 35.8. The summed E-state index contributed by atoms with van der Waals surface area (Å²) < 4.78 is 5.48. The Hall–Kier alpha value is -1.83. The first kappa shape index (κ1) is 15.6. The van der Waals surface area contributed by atoms with Crippen molar-refractivity contribution < 1.29 is 23.9 Å². The van der Waals surface area contributed by atoms with Crippen LogP contribution in [0.2, 0.25) is 0 Å². The lowest BCUT2D eigenvalue weighted by molar-refractivity contribution is -0.144. The second-order valence-corrected chi connectivity index (χ2v) is 5.68. The first-order chi connectivity index (χ1) is 9.95. The zero-order chi connectivity index (χ0) is 15.4. The van der Waals surface area contributed by atoms with Crippen LogP contribution < -0.4 is 5.32 Å². The van der Waals surface area contributed by atoms with E-state index in [-0.39, 0.29) is 18.8 Å². The second kappa shape index (κ2) is 6.75. The first-order valence-corrected chi connectivity index (χ1v) is 7.28. The monoisotopic (exact) mass is 358 g/mol. The van der Waals surface area contributed by atoms with Gasteiger partial charge in [-0.1, -0.05) is 0 Å². The number of aliphatic carboxylic acids is 1. The molecule has 0 bridgehead atoms. The van der Waals surface area contributed by atoms with Crippen molar-refractivity contribution in [3.8, 4) is 0 Å². The topological polar surface area (TPSA) is 99.9 Å². The van der Waals surface area contributed by atoms with E-state index in [4.69, 9.17) is 9.52 Å². The smallest absolute Gasteiger partial charge is 0.323 e. The number of nitrogens with zero attached hydrogens (tertiary/aromatic N) is 1. The number of carbonyl (C=O) groups excluding carboxylic acids is 2. The summed E-state index contributed by atoms with van der Waals surface area (Å²) in [5.41, 5.74) is 0. The van der Waals surface area contributed by atoms with Crippen LogP contribution in [0.4, 0.5) is 0 Å². The standard InChI is InChI=1S/C13H15BrN2O5/c14-10-4-3-9(21-10)13(20)15-5-11(17)16(7-12(18)19)6-8-1-2-8/h3-4,8H,1-2,5-7H2,(H,15,20)(H,18,19). The van der Waals surface area contributed by atoms with Crippen molar-refractivity contribution in [2.45, 2.75) is 12.8 Å². The highest BCUT2D eigenvalue weighted by Gasteiger charge is 2.28. The molecule has 0 spiro atoms. The molecule has 21 heavy (non-hydrogen) atoms. The van der Waals surface area contributed by atoms with Crippen LogP contribution in [0.15, 0.2) is 21.2 Å². The number of nitrogens with one attached hydrogen (secondary N) is 1. The SMILES string of the molecule is O=C(O)CN(CC1CC1)C(=O)CNC(=O)c1ccc(Br)o1. The average molecular weight is 359 g/mol. The van der Waals surface area contributed by atoms with Gasteiger partial charge < -0.3 is 19.7 Å². The Morgan fingerprint density at radius 3 is 2.62 bits per heavy atom. The van der Waals surface area contributed by atoms with E-state index < -0.39 is 17.8 Å². The molecule has 1 aromatic heterocycles. The van der Waals surface area contributed by atoms with Crippen LogP contribution >= 0.6 is 15.9 Å². The Kier molecular flexibility index (Phi) is 5.00. The average Bonchev–Trinajstić information content (AvgIpc) is 3.13. The van der Waals surface area contributed by atoms with E-state index in [1.807, 2.05) is 0 Å². The van der Waals surface area contributed by atoms with Gasteiger partial charge in [-0.15, -0.1) is 0 Å². The number of hydrogen-bond donors (Lipinski definition) is 2. The highest BCUT2D eigenvalue weighted by molar-refractivity contribution is 9.10. The predicted molar refractivity (Wildman–Crippen MR) is 75.7 cm³/mol. The van der Waals surface area contributed by atoms with Crippen molar-refractivity contribution in [3.05, 3.63) is 22.6 Å². The summed E-state index contributed by atoms with van der Waals surface area (Å²) in [6.07, 6.45) is 2.02. The van der Waals surface area contributed by atoms with Crippen molar-refractivity contribution in [2.24, 2.45) is 5.92 Å². The largest absolute Gasteiger partial charge is 0.480 e. The number of carbonyl (C=O) groups is 3. The molecular weight excluding hydrogens is 344 g/mol. The molecule has 2 amide bonds. The van der Waals surface area contributed by atoms with Gasteiger partial charge in [0.05, 0.1) is 6.54 Å². The maximum absolute atomic E-state index is 12.0. The third-order valence-corrected chi connectivity index (χ3v) is 3.48. The van der Waals surface area contributed by atoms with Crippen LogP contribution in [0.3, 0.4) is 0 Å². The van der Waals surface area contributed by atoms with E-state index in [9.17, 15) is 14.4 Å². The van der Waals surface area contributed by atoms with Gasteiger partial charge >= 0.3 is 5.97 Å². The fraction of sp³-hybridized carbons (Fsp3) is 0.462. The number of carboxylic acids is 1. The summed E-state index contributed by atoms with van der Waals surface area (Å²) in [6, 6.07) is 3.05. The molecule has 0 unspecified atom stereocenters. The normalized spacial score (nSPS) is 13.8. The minimum absolute atomic E-state index is 0.0849. The number of halogens is 1. The molecule has 1 fully saturated rings. The van der Waals surface area contributed by atoms with Gasteiger partial charge in [-0.3, -0.25) is 14.4 Å². The van der Waals surface area contributed by atoms with Crippen LogP contribution in [0.1, 0.15) is 23.4 Å². The number of hydrogen-bond acceptors (Lipinski definition) is 4. The second-order valence-electron chi connectivity index (χ2n) is 4.90. The Morgan fingerprint density at radius 1 is 1.38 bits per heavy atom. The molecule has 1 aliphatic carbocycles. The summed E-state index contributed by atoms with van der Waals surface area (Å²) in [6.45, 7) is -0.179. The number of rotatable bonds is 7. The molecule has 1 aromatic rings. The molecular formula is C13H15BrN2O5. The number of carboxylic acid groups (broad SMARTS) is 1. The molecule has 114 valence electrons. The molecule has 2 rings (SSSR count). The van der Waals surface area contributed by atoms with Gasteiger partial charge in [0.25, 0.3) is 5.91 Å². The van der Waals surface area contributed by atoms with Crippen molar-refractivity contribution in [1.29, 1.82) is 0 Å². The molecule has 7 nitrogen and oxygen atoms in total. The van der Waals surface area contributed by atoms with Gasteiger partial charge in [-0.05, 0) is 46.8 Å². The molecule has 1 aliphatic rings. The van der Waals surface area contributed by atoms with Crippen molar-refractivity contribution in [3.63, 3.8) is 0 Å². The van der Waals surface area contributed by atoms with E-state index in [2.05, 4.69) is 21.2 Å². The fourth-order valence-corrected chi connectivity index (χ4v) is 2.13. The minimum atomic E-state index is -1.06. The lowest BCUT2D eigenvalue weighted by atomic mass is 10.3. The summed E-state index contributed by atoms with van der Waals surface area (Å²) in [7, 11) is 0. The van der Waals surface area contributed by atoms with E-state index in [0.717, 1.165) is 12.8 Å². The zero-order valence-corrected chi connectivity index (χ0v) is 12.8. The van der Waals surface area contributed by atoms with Gasteiger partial charge in [0.15, 0.2) is 10.4 Å². The molecule has 8 heteroatoms. The molecule has 0 atom stereocenters. The van der Waals surface area contributed by atoms with Crippen molar-refractivity contribution >= 4 is 33.7 Å². The quantitative estimate of drug-likeness (QED) is 0.759. The van der Waals surface area contributed by atoms with Crippen LogP contribution in [0, 0.1) is 5.92 Å². The highest BCUT2D eigenvalue weighted by Crippen LogP contribution is 2.29. The van der Waals surface area contributed by atoms with Crippen LogP contribution in [0.25, 0.3) is 0 Å². The molecule has 0 saturated heterocycles. The van der Waals surface area contributed by atoms with Crippen molar-refractivity contribution in [2.75, 3.05) is 19.6 Å². The number of amides is 2. The molecule has 0 aromatic carbocycles. The van der Waals surface area contributed by atoms with Crippen LogP contribution in [0.5, 0.6) is 0 Å². The minimum Gasteiger partial charge on any atom is -0.480 e. The Morgan fingerprint density at radius 2 is 2.10 bits per heavy atom. The first-order valence-electron chi connectivity index (χ1n) is 6.49. The molecule has 1 saturated carbocycles. The summed E-state index contributed by atoms with van der Waals surface area (Å²) in [5, 5.41) is 11.2. The van der Waals surface area contributed by atoms with Gasteiger partial charge in [-0.25, -0.2) is 0 Å². The third-order valence-electron chi connectivity index (χ3n) is 3.05. The van der Waals surface area contributed by atoms with Crippen molar-refractivity contribution in [1.82, 2.24) is 10.2 Å². The van der Waals surface area contributed by atoms with Gasteiger partial charge in [0.1, 0.15) is 6.54 Å². The fourth-order valence-electron chi connectivity index (χ4n) is 1.82. The molecule has 1 heterocycles. The highest BCUT2D eigenvalue weighted by atomic mass is 79.9. The van der Waals surface area contributed by atoms with Gasteiger partial charge in [-0.2, -0.15) is 0 Å². The molecule has 0 aliphatic heterocycles. The number of furan rings is 1. The Labute approximate surface area is 129 Å². The lowest BCUT2D eigenvalue weighted by Crippen LogP contribution is -2.43. The summed E-state index contributed by atoms with van der Waals surface area (Å²) >= 11 is 3.08. The Bertz CT molecular complexity index is 553. The van der Waals surface area contributed by atoms with E-state index in [0.29, 0.717) is 17.1 Å². The zero-order valence-electron chi connectivity index (χ0n) is 11.2. The van der Waals surface area contributed by atoms with Gasteiger partial charge in [0, 0.05) is 6.54 Å². The van der Waals surface area contributed by atoms with E-state index >= 15 is 0 Å². The molecule has 2 N–H and O–H groups in total. The third kappa shape index (κ3) is 4.89. The van der Waals surface area contributed by atoms with E-state index in [1.165, 1.54) is 11.0 Å². The molecule has 0 radical (unpaired) electrons. The van der Waals surface area contributed by atoms with Crippen LogP contribution in [-0.2, 0) is 9.59 Å². The lowest BCUT2D eigenvalue weighted by Gasteiger charge is -2.20. The van der Waals surface area contributed by atoms with E-state index in [1.54, 1.807) is 6.07 Å². The van der Waals surface area contributed by atoms with Gasteiger partial charge in [0.2, 0.25) is 5.91 Å². The maximum Gasteiger partial charge on any atom is 0.323 e. The summed E-state index contributed by atoms with van der Waals surface area (Å²) in [5.74, 6) is -1.53. The predicted octanol–water partition coefficient (Wildman–Crippen LogP) is 1.10. The van der Waals surface area contributed by atoms with Crippen LogP contribution in [-0.4, -0.2) is 47.4 Å². The maximum atomic E-state index is 12.0.